The Hall–Kier alpha value is -4.07. The number of likely N-dealkylation sites (N-methyl/N-ethyl adjacent to an activating group) is 1. The molecule has 5 aromatic rings. The van der Waals surface area contributed by atoms with Crippen molar-refractivity contribution < 1.29 is 14.7 Å². The van der Waals surface area contributed by atoms with E-state index < -0.39 is 5.97 Å². The van der Waals surface area contributed by atoms with E-state index in [1.165, 1.54) is 11.3 Å². The highest BCUT2D eigenvalue weighted by Crippen LogP contribution is 2.41. The number of hydrogen-bond acceptors (Lipinski definition) is 9. The van der Waals surface area contributed by atoms with Crippen molar-refractivity contribution in [3.63, 3.8) is 0 Å². The quantitative estimate of drug-likeness (QED) is 0.162. The molecule has 3 aromatic heterocycles. The maximum atomic E-state index is 13.3. The fraction of sp³-hybridized carbons (Fsp3) is 0.233. The summed E-state index contributed by atoms with van der Waals surface area (Å²) in [4.78, 5) is 40.1. The van der Waals surface area contributed by atoms with Gasteiger partial charge in [-0.1, -0.05) is 47.5 Å². The van der Waals surface area contributed by atoms with Gasteiger partial charge in [0.1, 0.15) is 10.5 Å². The first-order valence-electron chi connectivity index (χ1n) is 13.7. The lowest BCUT2D eigenvalue weighted by atomic mass is 10.0. The van der Waals surface area contributed by atoms with Crippen LogP contribution in [0.15, 0.2) is 48.7 Å². The Morgan fingerprint density at radius 1 is 1.02 bits per heavy atom. The number of amides is 1. The molecule has 1 aliphatic heterocycles. The number of hydrogen-bond donors (Lipinski definition) is 4. The molecule has 2 aromatic carbocycles. The number of aromatic nitrogens is 4. The van der Waals surface area contributed by atoms with Gasteiger partial charge in [0.25, 0.3) is 5.91 Å². The van der Waals surface area contributed by atoms with Crippen molar-refractivity contribution in [2.75, 3.05) is 30.8 Å². The minimum atomic E-state index is -0.933. The number of carboxylic acids is 1. The smallest absolute Gasteiger partial charge is 0.317 e. The molecule has 0 aliphatic carbocycles. The maximum Gasteiger partial charge on any atom is 0.317 e. The summed E-state index contributed by atoms with van der Waals surface area (Å²) in [7, 11) is 3.90. The molecule has 0 atom stereocenters. The van der Waals surface area contributed by atoms with Gasteiger partial charge in [0.05, 0.1) is 38.4 Å². The van der Waals surface area contributed by atoms with E-state index in [2.05, 4.69) is 35.8 Å². The number of aliphatic carboxylic acids is 1. The Morgan fingerprint density at radius 2 is 1.75 bits per heavy atom. The molecule has 0 spiro atoms. The highest BCUT2D eigenvalue weighted by atomic mass is 35.5. The van der Waals surface area contributed by atoms with Crippen LogP contribution in [0.3, 0.4) is 0 Å². The highest BCUT2D eigenvalue weighted by molar-refractivity contribution is 7.18. The Morgan fingerprint density at radius 3 is 2.50 bits per heavy atom. The molecule has 1 amide bonds. The zero-order valence-electron chi connectivity index (χ0n) is 23.8. The Balaban J connectivity index is 1.25. The SMILES string of the molecule is CN1CCc2c(nc(C(=O)Nc3cccc(-c4cccc(Nc5nccc6sc(CNCC(=O)O)nc56)c4Cl)c3Cl)n2C)C1. The van der Waals surface area contributed by atoms with Crippen LogP contribution in [0.4, 0.5) is 17.2 Å². The van der Waals surface area contributed by atoms with Gasteiger partial charge in [0.2, 0.25) is 0 Å². The number of nitrogens with one attached hydrogen (secondary N) is 3. The molecule has 226 valence electrons. The zero-order valence-corrected chi connectivity index (χ0v) is 26.1. The number of carbonyl (C=O) groups is 2. The Labute approximate surface area is 266 Å². The van der Waals surface area contributed by atoms with E-state index in [0.29, 0.717) is 62.8 Å². The van der Waals surface area contributed by atoms with Crippen LogP contribution in [0, 0.1) is 0 Å². The number of imidazole rings is 1. The average molecular weight is 652 g/mol. The molecule has 44 heavy (non-hydrogen) atoms. The first kappa shape index (κ1) is 30.0. The molecular formula is C30H28Cl2N8O3S. The third-order valence-electron chi connectivity index (χ3n) is 7.34. The summed E-state index contributed by atoms with van der Waals surface area (Å²) >= 11 is 15.3. The molecule has 0 radical (unpaired) electrons. The minimum absolute atomic E-state index is 0.155. The number of carbonyl (C=O) groups excluding carboxylic acids is 1. The Kier molecular flexibility index (Phi) is 8.52. The topological polar surface area (TPSA) is 137 Å². The van der Waals surface area contributed by atoms with Crippen molar-refractivity contribution in [3.05, 3.63) is 80.9 Å². The van der Waals surface area contributed by atoms with Crippen LogP contribution in [-0.4, -0.2) is 61.5 Å². The van der Waals surface area contributed by atoms with Gasteiger partial charge in [-0.3, -0.25) is 9.59 Å². The lowest BCUT2D eigenvalue weighted by Gasteiger charge is -2.21. The fourth-order valence-corrected chi connectivity index (χ4v) is 6.67. The van der Waals surface area contributed by atoms with Crippen LogP contribution in [0.25, 0.3) is 21.3 Å². The second kappa shape index (κ2) is 12.5. The van der Waals surface area contributed by atoms with E-state index in [9.17, 15) is 9.59 Å². The van der Waals surface area contributed by atoms with Gasteiger partial charge in [-0.25, -0.2) is 15.0 Å². The third kappa shape index (κ3) is 5.99. The molecule has 11 nitrogen and oxygen atoms in total. The number of carboxylic acid groups (broad SMARTS) is 1. The summed E-state index contributed by atoms with van der Waals surface area (Å²) in [6, 6.07) is 12.8. The number of rotatable bonds is 9. The van der Waals surface area contributed by atoms with E-state index in [0.717, 1.165) is 34.1 Å². The van der Waals surface area contributed by atoms with Crippen LogP contribution in [-0.2, 0) is 31.4 Å². The van der Waals surface area contributed by atoms with Crippen LogP contribution >= 0.6 is 34.5 Å². The van der Waals surface area contributed by atoms with Crippen molar-refractivity contribution in [2.45, 2.75) is 19.5 Å². The van der Waals surface area contributed by atoms with E-state index in [1.807, 2.05) is 55.1 Å². The number of thiazole rings is 1. The van der Waals surface area contributed by atoms with Gasteiger partial charge in [0, 0.05) is 56.1 Å². The molecule has 0 saturated carbocycles. The molecule has 0 saturated heterocycles. The fourth-order valence-electron chi connectivity index (χ4n) is 5.19. The number of benzene rings is 2. The molecule has 0 unspecified atom stereocenters. The molecule has 6 rings (SSSR count). The summed E-state index contributed by atoms with van der Waals surface area (Å²) in [5.41, 5.74) is 4.98. The van der Waals surface area contributed by atoms with Crippen molar-refractivity contribution in [2.24, 2.45) is 7.05 Å². The zero-order chi connectivity index (χ0) is 31.0. The van der Waals surface area contributed by atoms with Gasteiger partial charge in [-0.2, -0.15) is 0 Å². The molecule has 0 fully saturated rings. The summed E-state index contributed by atoms with van der Waals surface area (Å²) < 4.78 is 2.75. The summed E-state index contributed by atoms with van der Waals surface area (Å²) in [5.74, 6) is -0.429. The van der Waals surface area contributed by atoms with Crippen LogP contribution in [0.1, 0.15) is 27.0 Å². The summed E-state index contributed by atoms with van der Waals surface area (Å²) in [6.45, 7) is 1.79. The van der Waals surface area contributed by atoms with Crippen molar-refractivity contribution in [1.82, 2.24) is 29.7 Å². The van der Waals surface area contributed by atoms with Crippen LogP contribution in [0.5, 0.6) is 0 Å². The van der Waals surface area contributed by atoms with Crippen molar-refractivity contribution >= 4 is 73.8 Å². The molecular weight excluding hydrogens is 623 g/mol. The first-order chi connectivity index (χ1) is 21.2. The molecule has 4 heterocycles. The number of pyridine rings is 1. The largest absolute Gasteiger partial charge is 0.480 e. The van der Waals surface area contributed by atoms with E-state index in [-0.39, 0.29) is 12.5 Å². The predicted octanol–water partition coefficient (Wildman–Crippen LogP) is 5.56. The highest BCUT2D eigenvalue weighted by Gasteiger charge is 2.25. The Bertz CT molecular complexity index is 1910. The third-order valence-corrected chi connectivity index (χ3v) is 9.18. The van der Waals surface area contributed by atoms with Crippen LogP contribution in [0.2, 0.25) is 10.0 Å². The number of fused-ring (bicyclic) bond motifs is 2. The van der Waals surface area contributed by atoms with Crippen LogP contribution < -0.4 is 16.0 Å². The normalized spacial score (nSPS) is 13.2. The maximum absolute atomic E-state index is 13.3. The second-order valence-corrected chi connectivity index (χ2v) is 12.3. The standard InChI is InChI=1S/C30H28Cl2N8O3S/c1-39-12-10-21-20(15-39)36-29(40(21)2)30(43)37-19-8-4-6-17(26(19)32)16-5-3-7-18(25(16)31)35-28-27-22(9-11-34-28)44-23(38-27)13-33-14-24(41)42/h3-9,11,33H,10,12-15H2,1-2H3,(H,34,35)(H,37,43)(H,41,42). The van der Waals surface area contributed by atoms with E-state index in [1.54, 1.807) is 12.3 Å². The van der Waals surface area contributed by atoms with Gasteiger partial charge in [0.15, 0.2) is 11.6 Å². The lowest BCUT2D eigenvalue weighted by Crippen LogP contribution is -2.27. The molecule has 14 heteroatoms. The molecule has 0 bridgehead atoms. The molecule has 1 aliphatic rings. The van der Waals surface area contributed by atoms with Gasteiger partial charge in [-0.15, -0.1) is 11.3 Å². The average Bonchev–Trinajstić information content (AvgIpc) is 3.56. The lowest BCUT2D eigenvalue weighted by molar-refractivity contribution is -0.136. The van der Waals surface area contributed by atoms with E-state index in [4.69, 9.17) is 28.3 Å². The number of nitrogens with zero attached hydrogens (tertiary/aromatic N) is 5. The predicted molar refractivity (Wildman–Crippen MR) is 173 cm³/mol. The van der Waals surface area contributed by atoms with Gasteiger partial charge >= 0.3 is 5.97 Å². The van der Waals surface area contributed by atoms with Crippen molar-refractivity contribution in [3.8, 4) is 11.1 Å². The first-order valence-corrected chi connectivity index (χ1v) is 15.3. The second-order valence-electron chi connectivity index (χ2n) is 10.4. The van der Waals surface area contributed by atoms with E-state index >= 15 is 0 Å². The summed E-state index contributed by atoms with van der Waals surface area (Å²) in [6.07, 6.45) is 2.51. The van der Waals surface area contributed by atoms with Gasteiger partial charge < -0.3 is 30.5 Å². The monoisotopic (exact) mass is 650 g/mol. The number of anilines is 3. The minimum Gasteiger partial charge on any atom is -0.480 e. The molecule has 4 N–H and O–H groups in total. The summed E-state index contributed by atoms with van der Waals surface area (Å²) in [5, 5.41) is 19.5. The van der Waals surface area contributed by atoms with Gasteiger partial charge in [-0.05, 0) is 25.2 Å². The number of halogens is 2. The van der Waals surface area contributed by atoms with Crippen molar-refractivity contribution in [1.29, 1.82) is 0 Å².